The molecule has 0 spiro atoms. The summed E-state index contributed by atoms with van der Waals surface area (Å²) in [5.74, 6) is 0. The van der Waals surface area contributed by atoms with Gasteiger partial charge in [-0.2, -0.15) is 5.10 Å². The van der Waals surface area contributed by atoms with Gasteiger partial charge >= 0.3 is 0 Å². The zero-order chi connectivity index (χ0) is 15.8. The Morgan fingerprint density at radius 1 is 1.09 bits per heavy atom. The molecule has 0 aliphatic carbocycles. The summed E-state index contributed by atoms with van der Waals surface area (Å²) in [6.07, 6.45) is 1.76. The van der Waals surface area contributed by atoms with Crippen LogP contribution in [0.5, 0.6) is 0 Å². The number of nitrogens with one attached hydrogen (secondary N) is 1. The van der Waals surface area contributed by atoms with Gasteiger partial charge in [0.2, 0.25) is 0 Å². The summed E-state index contributed by atoms with van der Waals surface area (Å²) < 4.78 is 0. The molecule has 0 amide bonds. The molecule has 0 saturated carbocycles. The van der Waals surface area contributed by atoms with E-state index in [-0.39, 0.29) is 0 Å². The van der Waals surface area contributed by atoms with Crippen LogP contribution in [0.4, 0.5) is 0 Å². The standard InChI is InChI=1S/C17H20N4S/c1-3-21(4-2)17(22)20-19-16(14-10-6-5-7-11-14)15-12-8-9-13-18-15/h5-13H,3-4H2,1-2H3,(H,20,22)/b19-16-. The van der Waals surface area contributed by atoms with Crippen LogP contribution in [0.3, 0.4) is 0 Å². The maximum Gasteiger partial charge on any atom is 0.189 e. The predicted octanol–water partition coefficient (Wildman–Crippen LogP) is 3.05. The van der Waals surface area contributed by atoms with Crippen LogP contribution in [-0.4, -0.2) is 33.8 Å². The number of aromatic nitrogens is 1. The monoisotopic (exact) mass is 312 g/mol. The Hall–Kier alpha value is -2.27. The third kappa shape index (κ3) is 4.11. The molecule has 2 aromatic rings. The third-order valence-corrected chi connectivity index (χ3v) is 3.62. The molecule has 0 radical (unpaired) electrons. The Morgan fingerprint density at radius 3 is 2.36 bits per heavy atom. The van der Waals surface area contributed by atoms with Gasteiger partial charge in [0.15, 0.2) is 5.11 Å². The maximum absolute atomic E-state index is 5.38. The molecule has 5 heteroatoms. The molecule has 4 nitrogen and oxygen atoms in total. The Labute approximate surface area is 136 Å². The molecule has 1 aromatic carbocycles. The molecule has 0 aliphatic rings. The summed E-state index contributed by atoms with van der Waals surface area (Å²) in [5.41, 5.74) is 5.57. The van der Waals surface area contributed by atoms with Gasteiger partial charge in [-0.25, -0.2) is 0 Å². The van der Waals surface area contributed by atoms with Crippen molar-refractivity contribution < 1.29 is 0 Å². The van der Waals surface area contributed by atoms with E-state index in [0.717, 1.165) is 30.1 Å². The first kappa shape index (κ1) is 16.1. The summed E-state index contributed by atoms with van der Waals surface area (Å²) in [6, 6.07) is 15.7. The second kappa shape index (κ2) is 8.24. The Bertz CT molecular complexity index is 580. The van der Waals surface area contributed by atoms with Gasteiger partial charge in [-0.15, -0.1) is 0 Å². The largest absolute Gasteiger partial charge is 0.348 e. The lowest BCUT2D eigenvalue weighted by atomic mass is 10.1. The highest BCUT2D eigenvalue weighted by Gasteiger charge is 2.09. The van der Waals surface area contributed by atoms with Gasteiger partial charge in [0.05, 0.1) is 5.69 Å². The summed E-state index contributed by atoms with van der Waals surface area (Å²) in [6.45, 7) is 5.83. The molecule has 114 valence electrons. The van der Waals surface area contributed by atoms with E-state index < -0.39 is 0 Å². The molecular formula is C17H20N4S. The highest BCUT2D eigenvalue weighted by atomic mass is 32.1. The lowest BCUT2D eigenvalue weighted by Crippen LogP contribution is -2.37. The summed E-state index contributed by atoms with van der Waals surface area (Å²) in [4.78, 5) is 6.43. The molecule has 22 heavy (non-hydrogen) atoms. The molecule has 1 N–H and O–H groups in total. The van der Waals surface area contributed by atoms with Crippen molar-refractivity contribution in [3.8, 4) is 0 Å². The maximum atomic E-state index is 5.38. The molecule has 1 aromatic heterocycles. The zero-order valence-electron chi connectivity index (χ0n) is 12.9. The molecule has 0 fully saturated rings. The molecular weight excluding hydrogens is 292 g/mol. The van der Waals surface area contributed by atoms with E-state index in [0.29, 0.717) is 5.11 Å². The number of nitrogens with zero attached hydrogens (tertiary/aromatic N) is 3. The quantitative estimate of drug-likeness (QED) is 0.523. The van der Waals surface area contributed by atoms with Crippen LogP contribution in [0.2, 0.25) is 0 Å². The van der Waals surface area contributed by atoms with Gasteiger partial charge in [0, 0.05) is 24.8 Å². The van der Waals surface area contributed by atoms with Crippen molar-refractivity contribution in [1.29, 1.82) is 0 Å². The van der Waals surface area contributed by atoms with E-state index in [2.05, 4.69) is 29.4 Å². The normalized spacial score (nSPS) is 11.1. The van der Waals surface area contributed by atoms with E-state index in [1.807, 2.05) is 53.4 Å². The van der Waals surface area contributed by atoms with Crippen molar-refractivity contribution in [3.63, 3.8) is 0 Å². The molecule has 1 heterocycles. The smallest absolute Gasteiger partial charge is 0.189 e. The van der Waals surface area contributed by atoms with Crippen LogP contribution in [0.25, 0.3) is 0 Å². The molecule has 0 atom stereocenters. The zero-order valence-corrected chi connectivity index (χ0v) is 13.7. The molecule has 0 bridgehead atoms. The first-order valence-corrected chi connectivity index (χ1v) is 7.76. The highest BCUT2D eigenvalue weighted by molar-refractivity contribution is 7.80. The number of thiocarbonyl (C=S) groups is 1. The van der Waals surface area contributed by atoms with Gasteiger partial charge in [0.25, 0.3) is 0 Å². The van der Waals surface area contributed by atoms with Crippen LogP contribution >= 0.6 is 12.2 Å². The first-order chi connectivity index (χ1) is 10.8. The van der Waals surface area contributed by atoms with E-state index in [1.54, 1.807) is 6.20 Å². The van der Waals surface area contributed by atoms with Crippen LogP contribution in [-0.2, 0) is 0 Å². The molecule has 2 rings (SSSR count). The van der Waals surface area contributed by atoms with Crippen LogP contribution in [0.15, 0.2) is 59.8 Å². The van der Waals surface area contributed by atoms with Crippen LogP contribution in [0.1, 0.15) is 25.1 Å². The second-order valence-corrected chi connectivity index (χ2v) is 5.02. The van der Waals surface area contributed by atoms with Crippen molar-refractivity contribution >= 4 is 23.0 Å². The lowest BCUT2D eigenvalue weighted by Gasteiger charge is -2.20. The second-order valence-electron chi connectivity index (χ2n) is 4.63. The summed E-state index contributed by atoms with van der Waals surface area (Å²) in [5, 5.41) is 5.12. The topological polar surface area (TPSA) is 40.5 Å². The van der Waals surface area contributed by atoms with Crippen molar-refractivity contribution in [2.24, 2.45) is 5.10 Å². The fourth-order valence-corrected chi connectivity index (χ4v) is 2.36. The Balaban J connectivity index is 2.29. The minimum Gasteiger partial charge on any atom is -0.348 e. The van der Waals surface area contributed by atoms with Crippen molar-refractivity contribution in [2.75, 3.05) is 13.1 Å². The molecule has 0 unspecified atom stereocenters. The van der Waals surface area contributed by atoms with Gasteiger partial charge in [-0.3, -0.25) is 10.4 Å². The number of hydrazone groups is 1. The fraction of sp³-hybridized carbons (Fsp3) is 0.235. The predicted molar refractivity (Wildman–Crippen MR) is 95.0 cm³/mol. The average Bonchev–Trinajstić information content (AvgIpc) is 2.58. The van der Waals surface area contributed by atoms with Gasteiger partial charge in [0.1, 0.15) is 5.71 Å². The SMILES string of the molecule is CCN(CC)C(=S)N/N=C(/c1ccccc1)c1ccccn1. The first-order valence-electron chi connectivity index (χ1n) is 7.35. The minimum atomic E-state index is 0.620. The van der Waals surface area contributed by atoms with E-state index in [1.165, 1.54) is 0 Å². The Kier molecular flexibility index (Phi) is 6.03. The van der Waals surface area contributed by atoms with Crippen LogP contribution < -0.4 is 5.43 Å². The van der Waals surface area contributed by atoms with Crippen LogP contribution in [0, 0.1) is 0 Å². The number of hydrogen-bond donors (Lipinski definition) is 1. The van der Waals surface area contributed by atoms with Crippen molar-refractivity contribution in [3.05, 3.63) is 66.0 Å². The minimum absolute atomic E-state index is 0.620. The van der Waals surface area contributed by atoms with Gasteiger partial charge < -0.3 is 4.90 Å². The fourth-order valence-electron chi connectivity index (χ4n) is 2.05. The summed E-state index contributed by atoms with van der Waals surface area (Å²) in [7, 11) is 0. The lowest BCUT2D eigenvalue weighted by molar-refractivity contribution is 0.458. The number of pyridine rings is 1. The summed E-state index contributed by atoms with van der Waals surface area (Å²) >= 11 is 5.38. The third-order valence-electron chi connectivity index (χ3n) is 3.27. The molecule has 0 aliphatic heterocycles. The Morgan fingerprint density at radius 2 is 1.77 bits per heavy atom. The number of rotatable bonds is 5. The number of hydrogen-bond acceptors (Lipinski definition) is 3. The number of benzene rings is 1. The van der Waals surface area contributed by atoms with E-state index >= 15 is 0 Å². The van der Waals surface area contributed by atoms with Gasteiger partial charge in [-0.1, -0.05) is 36.4 Å². The van der Waals surface area contributed by atoms with Crippen molar-refractivity contribution in [1.82, 2.24) is 15.3 Å². The molecule has 0 saturated heterocycles. The highest BCUT2D eigenvalue weighted by Crippen LogP contribution is 2.08. The average molecular weight is 312 g/mol. The van der Waals surface area contributed by atoms with Gasteiger partial charge in [-0.05, 0) is 38.2 Å². The van der Waals surface area contributed by atoms with E-state index in [4.69, 9.17) is 12.2 Å². The van der Waals surface area contributed by atoms with Crippen molar-refractivity contribution in [2.45, 2.75) is 13.8 Å². The van der Waals surface area contributed by atoms with E-state index in [9.17, 15) is 0 Å².